The fourth-order valence-electron chi connectivity index (χ4n) is 4.00. The van der Waals surface area contributed by atoms with Gasteiger partial charge in [0.1, 0.15) is 11.6 Å². The molecule has 28 heavy (non-hydrogen) atoms. The van der Waals surface area contributed by atoms with Crippen molar-refractivity contribution in [3.8, 4) is 0 Å². The van der Waals surface area contributed by atoms with E-state index < -0.39 is 5.60 Å². The Morgan fingerprint density at radius 3 is 2.36 bits per heavy atom. The lowest BCUT2D eigenvalue weighted by Gasteiger charge is -2.39. The number of aryl methyl sites for hydroxylation is 2. The first kappa shape index (κ1) is 20.5. The number of rotatable bonds is 2. The van der Waals surface area contributed by atoms with Gasteiger partial charge in [0.2, 0.25) is 5.91 Å². The van der Waals surface area contributed by atoms with Crippen LogP contribution in [-0.2, 0) is 9.53 Å². The highest BCUT2D eigenvalue weighted by Crippen LogP contribution is 2.25. The van der Waals surface area contributed by atoms with Gasteiger partial charge in [0.05, 0.1) is 0 Å². The normalized spacial score (nSPS) is 20.5. The Hall–Kier alpha value is -2.24. The number of carbonyl (C=O) groups excluding carboxylic acids is 2. The van der Waals surface area contributed by atoms with Gasteiger partial charge in [0.15, 0.2) is 0 Å². The fraction of sp³-hybridized carbons (Fsp3) is 0.636. The predicted octanol–water partition coefficient (Wildman–Crippen LogP) is 3.35. The maximum absolute atomic E-state index is 13.1. The topological polar surface area (TPSA) is 53.1 Å². The summed E-state index contributed by atoms with van der Waals surface area (Å²) in [5.74, 6) is 0.0592. The molecule has 0 N–H and O–H groups in total. The molecule has 2 saturated heterocycles. The van der Waals surface area contributed by atoms with E-state index in [0.29, 0.717) is 19.6 Å². The van der Waals surface area contributed by atoms with E-state index in [-0.39, 0.29) is 18.0 Å². The molecule has 2 aliphatic rings. The number of piperazine rings is 1. The fourth-order valence-corrected chi connectivity index (χ4v) is 4.00. The minimum Gasteiger partial charge on any atom is -0.444 e. The molecule has 1 unspecified atom stereocenters. The van der Waals surface area contributed by atoms with Crippen LogP contribution in [0.5, 0.6) is 0 Å². The monoisotopic (exact) mass is 387 g/mol. The Labute approximate surface area is 168 Å². The first-order valence-electron chi connectivity index (χ1n) is 10.3. The van der Waals surface area contributed by atoms with Crippen LogP contribution in [0.2, 0.25) is 0 Å². The summed E-state index contributed by atoms with van der Waals surface area (Å²) in [5, 5.41) is 0. The Morgan fingerprint density at radius 1 is 1.04 bits per heavy atom. The van der Waals surface area contributed by atoms with Gasteiger partial charge in [-0.25, -0.2) is 4.79 Å². The number of ether oxygens (including phenoxy) is 1. The third-order valence-corrected chi connectivity index (χ3v) is 5.46. The summed E-state index contributed by atoms with van der Waals surface area (Å²) in [5.41, 5.74) is 3.21. The second kappa shape index (κ2) is 8.02. The van der Waals surface area contributed by atoms with Crippen molar-refractivity contribution in [3.63, 3.8) is 0 Å². The summed E-state index contributed by atoms with van der Waals surface area (Å²) in [6.45, 7) is 13.4. The van der Waals surface area contributed by atoms with Crippen LogP contribution in [-0.4, -0.2) is 66.2 Å². The van der Waals surface area contributed by atoms with Gasteiger partial charge in [-0.2, -0.15) is 0 Å². The van der Waals surface area contributed by atoms with Crippen molar-refractivity contribution < 1.29 is 14.3 Å². The summed E-state index contributed by atoms with van der Waals surface area (Å²) >= 11 is 0. The maximum atomic E-state index is 13.1. The van der Waals surface area contributed by atoms with Crippen LogP contribution in [0.15, 0.2) is 18.2 Å². The summed E-state index contributed by atoms with van der Waals surface area (Å²) < 4.78 is 5.50. The van der Waals surface area contributed by atoms with Crippen molar-refractivity contribution in [1.82, 2.24) is 9.80 Å². The highest BCUT2D eigenvalue weighted by Gasteiger charge is 2.39. The van der Waals surface area contributed by atoms with Crippen molar-refractivity contribution in [2.24, 2.45) is 0 Å². The number of hydrogen-bond donors (Lipinski definition) is 0. The first-order valence-corrected chi connectivity index (χ1v) is 10.3. The molecule has 2 fully saturated rings. The number of benzene rings is 1. The van der Waals surface area contributed by atoms with Crippen molar-refractivity contribution in [3.05, 3.63) is 29.3 Å². The maximum Gasteiger partial charge on any atom is 0.410 e. The van der Waals surface area contributed by atoms with E-state index in [1.807, 2.05) is 25.7 Å². The van der Waals surface area contributed by atoms with Crippen molar-refractivity contribution in [2.45, 2.75) is 59.1 Å². The average Bonchev–Trinajstić information content (AvgIpc) is 3.12. The van der Waals surface area contributed by atoms with E-state index in [1.165, 1.54) is 16.8 Å². The number of nitrogens with zero attached hydrogens (tertiary/aromatic N) is 3. The quantitative estimate of drug-likeness (QED) is 0.781. The van der Waals surface area contributed by atoms with Crippen molar-refractivity contribution in [1.29, 1.82) is 0 Å². The lowest BCUT2D eigenvalue weighted by Crippen LogP contribution is -2.55. The molecule has 3 rings (SSSR count). The van der Waals surface area contributed by atoms with E-state index in [1.54, 1.807) is 4.90 Å². The van der Waals surface area contributed by atoms with E-state index >= 15 is 0 Å². The summed E-state index contributed by atoms with van der Waals surface area (Å²) in [4.78, 5) is 31.5. The van der Waals surface area contributed by atoms with Gasteiger partial charge in [-0.05, 0) is 64.7 Å². The van der Waals surface area contributed by atoms with Gasteiger partial charge in [-0.3, -0.25) is 9.69 Å². The standard InChI is InChI=1S/C22H33N3O3/c1-16-8-9-17(2)19(15-16)23-11-13-24(14-12-23)20(26)18-7-6-10-25(18)21(27)28-22(3,4)5/h8-9,15,18H,6-7,10-14H2,1-5H3. The zero-order valence-electron chi connectivity index (χ0n) is 17.8. The average molecular weight is 388 g/mol. The minimum absolute atomic E-state index is 0.0592. The zero-order chi connectivity index (χ0) is 20.5. The molecule has 6 nitrogen and oxygen atoms in total. The molecule has 0 radical (unpaired) electrons. The van der Waals surface area contributed by atoms with E-state index in [0.717, 1.165) is 25.9 Å². The molecule has 0 aliphatic carbocycles. The molecule has 2 amide bonds. The Kier molecular flexibility index (Phi) is 5.87. The van der Waals surface area contributed by atoms with Crippen LogP contribution >= 0.6 is 0 Å². The summed E-state index contributed by atoms with van der Waals surface area (Å²) in [6, 6.07) is 6.11. The number of anilines is 1. The highest BCUT2D eigenvalue weighted by molar-refractivity contribution is 5.86. The van der Waals surface area contributed by atoms with Crippen LogP contribution in [0, 0.1) is 13.8 Å². The molecule has 0 saturated carbocycles. The van der Waals surface area contributed by atoms with Crippen LogP contribution in [0.1, 0.15) is 44.7 Å². The molecule has 0 spiro atoms. The number of hydrogen-bond acceptors (Lipinski definition) is 4. The largest absolute Gasteiger partial charge is 0.444 e. The highest BCUT2D eigenvalue weighted by atomic mass is 16.6. The second-order valence-electron chi connectivity index (χ2n) is 8.93. The van der Waals surface area contributed by atoms with Crippen LogP contribution < -0.4 is 4.90 Å². The lowest BCUT2D eigenvalue weighted by molar-refractivity contribution is -0.136. The van der Waals surface area contributed by atoms with Crippen molar-refractivity contribution >= 4 is 17.7 Å². The molecule has 1 aromatic rings. The van der Waals surface area contributed by atoms with Crippen LogP contribution in [0.4, 0.5) is 10.5 Å². The minimum atomic E-state index is -0.551. The van der Waals surface area contributed by atoms with Gasteiger partial charge in [-0.1, -0.05) is 12.1 Å². The molecule has 1 atom stereocenters. The molecule has 2 aliphatic heterocycles. The molecule has 154 valence electrons. The Balaban J connectivity index is 1.61. The number of likely N-dealkylation sites (tertiary alicyclic amines) is 1. The van der Waals surface area contributed by atoms with E-state index in [9.17, 15) is 9.59 Å². The van der Waals surface area contributed by atoms with E-state index in [4.69, 9.17) is 4.74 Å². The van der Waals surface area contributed by atoms with Gasteiger partial charge < -0.3 is 14.5 Å². The summed E-state index contributed by atoms with van der Waals surface area (Å²) in [7, 11) is 0. The molecular formula is C22H33N3O3. The second-order valence-corrected chi connectivity index (χ2v) is 8.93. The first-order chi connectivity index (χ1) is 13.2. The van der Waals surface area contributed by atoms with E-state index in [2.05, 4.69) is 36.9 Å². The summed E-state index contributed by atoms with van der Waals surface area (Å²) in [6.07, 6.45) is 1.19. The van der Waals surface area contributed by atoms with Crippen LogP contribution in [0.3, 0.4) is 0 Å². The number of carbonyl (C=O) groups is 2. The number of amides is 2. The smallest absolute Gasteiger partial charge is 0.410 e. The molecule has 0 bridgehead atoms. The molecule has 1 aromatic carbocycles. The van der Waals surface area contributed by atoms with Gasteiger partial charge >= 0.3 is 6.09 Å². The molecule has 6 heteroatoms. The Morgan fingerprint density at radius 2 is 1.71 bits per heavy atom. The lowest BCUT2D eigenvalue weighted by atomic mass is 10.1. The van der Waals surface area contributed by atoms with Gasteiger partial charge in [0, 0.05) is 38.4 Å². The van der Waals surface area contributed by atoms with Crippen molar-refractivity contribution in [2.75, 3.05) is 37.6 Å². The molecular weight excluding hydrogens is 354 g/mol. The predicted molar refractivity (Wildman–Crippen MR) is 111 cm³/mol. The van der Waals surface area contributed by atoms with Gasteiger partial charge in [0.25, 0.3) is 0 Å². The molecule has 2 heterocycles. The van der Waals surface area contributed by atoms with Crippen LogP contribution in [0.25, 0.3) is 0 Å². The zero-order valence-corrected chi connectivity index (χ0v) is 17.8. The van der Waals surface area contributed by atoms with Gasteiger partial charge in [-0.15, -0.1) is 0 Å². The SMILES string of the molecule is Cc1ccc(C)c(N2CCN(C(=O)C3CCCN3C(=O)OC(C)(C)C)CC2)c1. The third-order valence-electron chi connectivity index (χ3n) is 5.46. The Bertz CT molecular complexity index is 733. The molecule has 0 aromatic heterocycles. The third kappa shape index (κ3) is 4.59.